The van der Waals surface area contributed by atoms with Crippen LogP contribution in [0.1, 0.15) is 25.8 Å². The summed E-state index contributed by atoms with van der Waals surface area (Å²) in [5, 5.41) is 9.40. The number of aliphatic carboxylic acids is 1. The Balaban J connectivity index is 1.67. The van der Waals surface area contributed by atoms with Crippen LogP contribution in [0.15, 0.2) is 40.4 Å². The molecule has 1 fully saturated rings. The lowest BCUT2D eigenvalue weighted by Gasteiger charge is -2.49. The van der Waals surface area contributed by atoms with Crippen molar-refractivity contribution in [3.05, 3.63) is 41.1 Å². The van der Waals surface area contributed by atoms with E-state index in [0.717, 1.165) is 10.5 Å². The average molecular weight is 436 g/mol. The Morgan fingerprint density at radius 2 is 1.93 bits per heavy atom. The second kappa shape index (κ2) is 9.04. The Morgan fingerprint density at radius 3 is 2.52 bits per heavy atom. The lowest BCUT2D eigenvalue weighted by molar-refractivity contribution is -0.153. The van der Waals surface area contributed by atoms with Gasteiger partial charge in [0.2, 0.25) is 5.91 Å². The van der Waals surface area contributed by atoms with Crippen LogP contribution in [-0.4, -0.2) is 50.5 Å². The number of esters is 1. The number of carbonyl (C=O) groups is 4. The number of hydrogen-bond donors (Lipinski definition) is 1. The van der Waals surface area contributed by atoms with Crippen molar-refractivity contribution in [3.8, 4) is 0 Å². The van der Waals surface area contributed by atoms with Gasteiger partial charge in [0.15, 0.2) is 0 Å². The molecule has 1 saturated heterocycles. The molecule has 29 heavy (non-hydrogen) atoms. The SMILES string of the molecule is CC(=O)CC1C(=O)N2C(C(=O)O)=C(CSc3ccc(COC(C)=O)cc3)CSC12. The molecule has 2 heterocycles. The normalized spacial score (nSPS) is 20.8. The minimum atomic E-state index is -1.11. The van der Waals surface area contributed by atoms with Crippen LogP contribution in [0.4, 0.5) is 0 Å². The van der Waals surface area contributed by atoms with E-state index in [-0.39, 0.29) is 41.8 Å². The van der Waals surface area contributed by atoms with E-state index in [0.29, 0.717) is 17.1 Å². The van der Waals surface area contributed by atoms with Crippen LogP contribution in [0.25, 0.3) is 0 Å². The molecule has 0 bridgehead atoms. The summed E-state index contributed by atoms with van der Waals surface area (Å²) in [5.74, 6) is -1.26. The maximum atomic E-state index is 12.4. The molecule has 0 aromatic heterocycles. The molecule has 2 aliphatic heterocycles. The summed E-state index contributed by atoms with van der Waals surface area (Å²) in [6.45, 7) is 3.01. The zero-order valence-electron chi connectivity index (χ0n) is 16.0. The standard InChI is InChI=1S/C20H21NO6S2/c1-11(22)7-16-18(24)21-17(20(25)26)14(10-29-19(16)21)9-28-15-5-3-13(4-6-15)8-27-12(2)23/h3-6,16,19H,7-10H2,1-2H3,(H,25,26). The van der Waals surface area contributed by atoms with Crippen LogP contribution in [-0.2, 0) is 30.5 Å². The average Bonchev–Trinajstić information content (AvgIpc) is 2.68. The van der Waals surface area contributed by atoms with E-state index in [1.807, 2.05) is 24.3 Å². The fourth-order valence-electron chi connectivity index (χ4n) is 3.28. The topological polar surface area (TPSA) is 101 Å². The fourth-order valence-corrected chi connectivity index (χ4v) is 5.73. The van der Waals surface area contributed by atoms with E-state index < -0.39 is 11.9 Å². The van der Waals surface area contributed by atoms with Crippen LogP contribution >= 0.6 is 23.5 Å². The quantitative estimate of drug-likeness (QED) is 0.378. The van der Waals surface area contributed by atoms with Gasteiger partial charge in [0.1, 0.15) is 18.1 Å². The minimum absolute atomic E-state index is 0.0533. The molecule has 2 atom stereocenters. The van der Waals surface area contributed by atoms with Crippen molar-refractivity contribution in [3.63, 3.8) is 0 Å². The number of carboxylic acid groups (broad SMARTS) is 1. The molecule has 2 aliphatic rings. The number of fused-ring (bicyclic) bond motifs is 1. The first-order valence-electron chi connectivity index (χ1n) is 9.02. The molecule has 1 aromatic rings. The highest BCUT2D eigenvalue weighted by Gasteiger charge is 2.53. The van der Waals surface area contributed by atoms with Crippen molar-refractivity contribution in [2.45, 2.75) is 37.1 Å². The zero-order valence-corrected chi connectivity index (χ0v) is 17.7. The van der Waals surface area contributed by atoms with Crippen molar-refractivity contribution >= 4 is 47.2 Å². The van der Waals surface area contributed by atoms with Crippen LogP contribution < -0.4 is 0 Å². The van der Waals surface area contributed by atoms with E-state index in [1.165, 1.54) is 42.3 Å². The second-order valence-electron chi connectivity index (χ2n) is 6.89. The van der Waals surface area contributed by atoms with Gasteiger partial charge in [-0.25, -0.2) is 4.79 Å². The van der Waals surface area contributed by atoms with Crippen molar-refractivity contribution in [2.75, 3.05) is 11.5 Å². The molecule has 0 aliphatic carbocycles. The number of ketones is 1. The Morgan fingerprint density at radius 1 is 1.24 bits per heavy atom. The summed E-state index contributed by atoms with van der Waals surface area (Å²) in [7, 11) is 0. The molecule has 0 saturated carbocycles. The molecule has 1 aromatic carbocycles. The van der Waals surface area contributed by atoms with Crippen LogP contribution in [0.3, 0.4) is 0 Å². The van der Waals surface area contributed by atoms with E-state index in [4.69, 9.17) is 4.74 Å². The van der Waals surface area contributed by atoms with Crippen molar-refractivity contribution in [1.29, 1.82) is 0 Å². The number of amides is 1. The first-order chi connectivity index (χ1) is 13.8. The smallest absolute Gasteiger partial charge is 0.352 e. The van der Waals surface area contributed by atoms with Crippen molar-refractivity contribution in [1.82, 2.24) is 4.90 Å². The zero-order chi connectivity index (χ0) is 21.1. The van der Waals surface area contributed by atoms with Gasteiger partial charge >= 0.3 is 11.9 Å². The third kappa shape index (κ3) is 4.84. The summed E-state index contributed by atoms with van der Waals surface area (Å²) < 4.78 is 4.95. The number of benzene rings is 1. The van der Waals surface area contributed by atoms with Crippen molar-refractivity contribution < 1.29 is 29.0 Å². The molecular formula is C20H21NO6S2. The lowest BCUT2D eigenvalue weighted by atomic mass is 9.91. The van der Waals surface area contributed by atoms with Crippen LogP contribution in [0.5, 0.6) is 0 Å². The first kappa shape index (κ1) is 21.4. The summed E-state index contributed by atoms with van der Waals surface area (Å²) in [6, 6.07) is 7.49. The van der Waals surface area contributed by atoms with Gasteiger partial charge in [0.05, 0.1) is 11.3 Å². The maximum Gasteiger partial charge on any atom is 0.352 e. The third-order valence-electron chi connectivity index (χ3n) is 4.65. The predicted molar refractivity (Wildman–Crippen MR) is 109 cm³/mol. The van der Waals surface area contributed by atoms with Gasteiger partial charge in [-0.1, -0.05) is 12.1 Å². The Bertz CT molecular complexity index is 879. The van der Waals surface area contributed by atoms with Gasteiger partial charge in [-0.15, -0.1) is 23.5 Å². The number of β-lactam (4-membered cyclic amide) rings is 1. The largest absolute Gasteiger partial charge is 0.477 e. The predicted octanol–water partition coefficient (Wildman–Crippen LogP) is 2.69. The molecule has 3 rings (SSSR count). The lowest BCUT2D eigenvalue weighted by Crippen LogP contribution is -2.61. The highest BCUT2D eigenvalue weighted by Crippen LogP contribution is 2.45. The van der Waals surface area contributed by atoms with E-state index in [1.54, 1.807) is 0 Å². The molecule has 0 spiro atoms. The molecular weight excluding hydrogens is 414 g/mol. The Labute approximate surface area is 176 Å². The van der Waals surface area contributed by atoms with E-state index in [2.05, 4.69) is 0 Å². The number of ether oxygens (including phenoxy) is 1. The van der Waals surface area contributed by atoms with Crippen LogP contribution in [0.2, 0.25) is 0 Å². The number of nitrogens with zero attached hydrogens (tertiary/aromatic N) is 1. The number of Topliss-reactive ketones (excluding diaryl/α,β-unsaturated/α-hetero) is 1. The van der Waals surface area contributed by atoms with E-state index in [9.17, 15) is 24.3 Å². The number of carboxylic acids is 1. The fraction of sp³-hybridized carbons (Fsp3) is 0.400. The number of thioether (sulfide) groups is 2. The summed E-state index contributed by atoms with van der Waals surface area (Å²) >= 11 is 3.00. The number of hydrogen-bond acceptors (Lipinski definition) is 7. The molecule has 1 N–H and O–H groups in total. The molecule has 154 valence electrons. The molecule has 7 nitrogen and oxygen atoms in total. The molecule has 1 amide bonds. The highest BCUT2D eigenvalue weighted by molar-refractivity contribution is 8.01. The number of rotatable bonds is 8. The minimum Gasteiger partial charge on any atom is -0.477 e. The van der Waals surface area contributed by atoms with Gasteiger partial charge in [0.25, 0.3) is 0 Å². The molecule has 0 radical (unpaired) electrons. The first-order valence-corrected chi connectivity index (χ1v) is 11.1. The summed E-state index contributed by atoms with van der Waals surface area (Å²) in [6.07, 6.45) is 0.156. The molecule has 2 unspecified atom stereocenters. The Kier molecular flexibility index (Phi) is 6.69. The van der Waals surface area contributed by atoms with E-state index >= 15 is 0 Å². The van der Waals surface area contributed by atoms with Crippen molar-refractivity contribution in [2.24, 2.45) is 5.92 Å². The summed E-state index contributed by atoms with van der Waals surface area (Å²) in [5.41, 5.74) is 1.62. The van der Waals surface area contributed by atoms with Gasteiger partial charge in [0, 0.05) is 29.7 Å². The third-order valence-corrected chi connectivity index (χ3v) is 7.14. The van der Waals surface area contributed by atoms with Gasteiger partial charge < -0.3 is 14.6 Å². The van der Waals surface area contributed by atoms with Crippen LogP contribution in [0, 0.1) is 5.92 Å². The van der Waals surface area contributed by atoms with Gasteiger partial charge in [-0.3, -0.25) is 14.5 Å². The Hall–Kier alpha value is -2.26. The van der Waals surface area contributed by atoms with Gasteiger partial charge in [-0.2, -0.15) is 0 Å². The molecule has 9 heteroatoms. The highest BCUT2D eigenvalue weighted by atomic mass is 32.2. The maximum absolute atomic E-state index is 12.4. The second-order valence-corrected chi connectivity index (χ2v) is 9.05. The summed E-state index contributed by atoms with van der Waals surface area (Å²) in [4.78, 5) is 48.8. The number of carbonyl (C=O) groups excluding carboxylic acids is 3. The van der Waals surface area contributed by atoms with Gasteiger partial charge in [-0.05, 0) is 30.2 Å². The monoisotopic (exact) mass is 435 g/mol.